The predicted octanol–water partition coefficient (Wildman–Crippen LogP) is 4.95. The molecule has 2 aromatic carbocycles. The summed E-state index contributed by atoms with van der Waals surface area (Å²) in [5, 5.41) is 0. The van der Waals surface area contributed by atoms with Crippen LogP contribution < -0.4 is 4.74 Å². The van der Waals surface area contributed by atoms with Crippen molar-refractivity contribution in [2.45, 2.75) is 52.6 Å². The molecule has 1 amide bonds. The fraction of sp³-hybridized carbons (Fsp3) is 0.500. The van der Waals surface area contributed by atoms with Crippen molar-refractivity contribution in [3.05, 3.63) is 59.9 Å². The summed E-state index contributed by atoms with van der Waals surface area (Å²) in [5.74, 6) is 2.35. The first kappa shape index (κ1) is 24.3. The number of hydrogen-bond donors (Lipinski definition) is 0. The Bertz CT molecular complexity index is 1070. The van der Waals surface area contributed by atoms with Crippen molar-refractivity contribution in [3.63, 3.8) is 0 Å². The Morgan fingerprint density at radius 1 is 1.06 bits per heavy atom. The fourth-order valence-corrected chi connectivity index (χ4v) is 5.07. The van der Waals surface area contributed by atoms with Crippen LogP contribution in [0.15, 0.2) is 48.5 Å². The summed E-state index contributed by atoms with van der Waals surface area (Å²) in [4.78, 5) is 22.7. The van der Waals surface area contributed by atoms with Gasteiger partial charge in [0.05, 0.1) is 30.6 Å². The van der Waals surface area contributed by atoms with Crippen molar-refractivity contribution in [3.8, 4) is 5.75 Å². The van der Waals surface area contributed by atoms with E-state index in [0.717, 1.165) is 87.6 Å². The number of piperidine rings is 1. The number of likely N-dealkylation sites (tertiary alicyclic amines) is 1. The van der Waals surface area contributed by atoms with Crippen molar-refractivity contribution in [1.29, 1.82) is 0 Å². The van der Waals surface area contributed by atoms with E-state index in [9.17, 15) is 4.79 Å². The largest absolute Gasteiger partial charge is 0.497 e. The molecule has 0 aliphatic carbocycles. The molecule has 4 rings (SSSR count). The van der Waals surface area contributed by atoms with Crippen molar-refractivity contribution >= 4 is 16.9 Å². The number of imidazole rings is 1. The van der Waals surface area contributed by atoms with Gasteiger partial charge in [-0.2, -0.15) is 0 Å². The number of fused-ring (bicyclic) bond motifs is 1. The van der Waals surface area contributed by atoms with E-state index in [0.29, 0.717) is 5.91 Å². The average molecular weight is 463 g/mol. The molecular formula is C28H38N4O2. The Morgan fingerprint density at radius 2 is 1.79 bits per heavy atom. The van der Waals surface area contributed by atoms with Gasteiger partial charge in [0.2, 0.25) is 5.91 Å². The number of rotatable bonds is 10. The number of carbonyl (C=O) groups is 1. The number of aromatic nitrogens is 2. The highest BCUT2D eigenvalue weighted by molar-refractivity contribution is 5.79. The molecular weight excluding hydrogens is 424 g/mol. The highest BCUT2D eigenvalue weighted by Gasteiger charge is 2.29. The topological polar surface area (TPSA) is 50.6 Å². The van der Waals surface area contributed by atoms with Crippen LogP contribution in [0.25, 0.3) is 11.0 Å². The lowest BCUT2D eigenvalue weighted by molar-refractivity contribution is -0.137. The Hall–Kier alpha value is -2.86. The molecule has 1 aliphatic rings. The third-order valence-electron chi connectivity index (χ3n) is 6.75. The first-order chi connectivity index (χ1) is 16.6. The molecule has 0 bridgehead atoms. The van der Waals surface area contributed by atoms with E-state index in [1.54, 1.807) is 7.11 Å². The first-order valence-corrected chi connectivity index (χ1v) is 12.7. The summed E-state index contributed by atoms with van der Waals surface area (Å²) >= 11 is 0. The fourth-order valence-electron chi connectivity index (χ4n) is 5.07. The molecule has 1 fully saturated rings. The zero-order valence-electron chi connectivity index (χ0n) is 20.9. The van der Waals surface area contributed by atoms with Crippen LogP contribution in [0.5, 0.6) is 5.75 Å². The highest BCUT2D eigenvalue weighted by atomic mass is 16.5. The number of methoxy groups -OCH3 is 1. The maximum atomic E-state index is 13.2. The molecule has 0 saturated carbocycles. The van der Waals surface area contributed by atoms with Crippen LogP contribution in [-0.4, -0.2) is 58.5 Å². The van der Waals surface area contributed by atoms with Gasteiger partial charge < -0.3 is 14.2 Å². The molecule has 1 aromatic heterocycles. The van der Waals surface area contributed by atoms with E-state index in [1.807, 2.05) is 18.2 Å². The van der Waals surface area contributed by atoms with Gasteiger partial charge in [0, 0.05) is 26.2 Å². The molecule has 2 heterocycles. The van der Waals surface area contributed by atoms with Gasteiger partial charge >= 0.3 is 0 Å². The lowest BCUT2D eigenvalue weighted by Crippen LogP contribution is -2.45. The lowest BCUT2D eigenvalue weighted by Gasteiger charge is -2.35. The number of para-hydroxylation sites is 2. The summed E-state index contributed by atoms with van der Waals surface area (Å²) in [6.45, 7) is 9.37. The normalized spacial score (nSPS) is 16.6. The summed E-state index contributed by atoms with van der Waals surface area (Å²) in [6, 6.07) is 16.6. The summed E-state index contributed by atoms with van der Waals surface area (Å²) in [5.41, 5.74) is 3.38. The number of carbonyl (C=O) groups excluding carboxylic acids is 1. The SMILES string of the molecule is CCCN(CCC)C(=O)[C@@H]1CCCN(Cc2nc3ccccc3n2Cc2ccc(OC)cc2)C1. The second-order valence-electron chi connectivity index (χ2n) is 9.35. The van der Waals surface area contributed by atoms with Crippen LogP contribution in [-0.2, 0) is 17.9 Å². The lowest BCUT2D eigenvalue weighted by atomic mass is 9.96. The van der Waals surface area contributed by atoms with E-state index in [1.165, 1.54) is 5.56 Å². The summed E-state index contributed by atoms with van der Waals surface area (Å²) in [7, 11) is 1.69. The highest BCUT2D eigenvalue weighted by Crippen LogP contribution is 2.24. The van der Waals surface area contributed by atoms with E-state index in [2.05, 4.69) is 58.5 Å². The molecule has 34 heavy (non-hydrogen) atoms. The van der Waals surface area contributed by atoms with Crippen LogP contribution in [0.3, 0.4) is 0 Å². The zero-order valence-corrected chi connectivity index (χ0v) is 20.9. The molecule has 0 N–H and O–H groups in total. The zero-order chi connectivity index (χ0) is 23.9. The molecule has 3 aromatic rings. The number of benzene rings is 2. The quantitative estimate of drug-likeness (QED) is 0.428. The average Bonchev–Trinajstić information content (AvgIpc) is 3.20. The van der Waals surface area contributed by atoms with Crippen LogP contribution in [0, 0.1) is 5.92 Å². The van der Waals surface area contributed by atoms with Crippen LogP contribution in [0.1, 0.15) is 50.9 Å². The van der Waals surface area contributed by atoms with Crippen LogP contribution in [0.2, 0.25) is 0 Å². The minimum atomic E-state index is 0.0891. The maximum Gasteiger partial charge on any atom is 0.226 e. The third kappa shape index (κ3) is 5.61. The van der Waals surface area contributed by atoms with E-state index >= 15 is 0 Å². The van der Waals surface area contributed by atoms with Gasteiger partial charge in [-0.15, -0.1) is 0 Å². The molecule has 0 spiro atoms. The maximum absolute atomic E-state index is 13.2. The van der Waals surface area contributed by atoms with E-state index in [-0.39, 0.29) is 5.92 Å². The second-order valence-corrected chi connectivity index (χ2v) is 9.35. The van der Waals surface area contributed by atoms with Crippen LogP contribution in [0.4, 0.5) is 0 Å². The Kier molecular flexibility index (Phi) is 8.22. The monoisotopic (exact) mass is 462 g/mol. The van der Waals surface area contributed by atoms with Gasteiger partial charge in [-0.05, 0) is 62.1 Å². The van der Waals surface area contributed by atoms with Crippen LogP contribution >= 0.6 is 0 Å². The number of nitrogens with zero attached hydrogens (tertiary/aromatic N) is 4. The van der Waals surface area contributed by atoms with Crippen molar-refractivity contribution in [2.24, 2.45) is 5.92 Å². The molecule has 1 atom stereocenters. The van der Waals surface area contributed by atoms with Gasteiger partial charge in [-0.1, -0.05) is 38.1 Å². The first-order valence-electron chi connectivity index (χ1n) is 12.7. The summed E-state index contributed by atoms with van der Waals surface area (Å²) in [6.07, 6.45) is 4.07. The minimum Gasteiger partial charge on any atom is -0.497 e. The molecule has 182 valence electrons. The van der Waals surface area contributed by atoms with Crippen molar-refractivity contribution in [2.75, 3.05) is 33.3 Å². The molecule has 0 radical (unpaired) electrons. The molecule has 1 saturated heterocycles. The van der Waals surface area contributed by atoms with Gasteiger partial charge in [0.15, 0.2) is 0 Å². The van der Waals surface area contributed by atoms with Gasteiger partial charge in [0.1, 0.15) is 11.6 Å². The van der Waals surface area contributed by atoms with E-state index in [4.69, 9.17) is 9.72 Å². The Labute approximate surface area is 203 Å². The van der Waals surface area contributed by atoms with Gasteiger partial charge in [0.25, 0.3) is 0 Å². The smallest absolute Gasteiger partial charge is 0.226 e. The molecule has 6 nitrogen and oxygen atoms in total. The summed E-state index contributed by atoms with van der Waals surface area (Å²) < 4.78 is 7.64. The Morgan fingerprint density at radius 3 is 2.50 bits per heavy atom. The number of ether oxygens (including phenoxy) is 1. The van der Waals surface area contributed by atoms with Crippen molar-refractivity contribution in [1.82, 2.24) is 19.4 Å². The van der Waals surface area contributed by atoms with Gasteiger partial charge in [-0.25, -0.2) is 4.98 Å². The number of amides is 1. The van der Waals surface area contributed by atoms with Crippen molar-refractivity contribution < 1.29 is 9.53 Å². The number of hydrogen-bond acceptors (Lipinski definition) is 4. The minimum absolute atomic E-state index is 0.0891. The Balaban J connectivity index is 1.53. The molecule has 6 heteroatoms. The third-order valence-corrected chi connectivity index (χ3v) is 6.75. The van der Waals surface area contributed by atoms with E-state index < -0.39 is 0 Å². The second kappa shape index (κ2) is 11.5. The standard InChI is InChI=1S/C28H38N4O2/c1-4-16-31(17-5-2)28(33)23-9-8-18-30(20-23)21-27-29-25-10-6-7-11-26(25)32(27)19-22-12-14-24(34-3)15-13-22/h6-7,10-15,23H,4-5,8-9,16-21H2,1-3H3/t23-/m1/s1. The van der Waals surface area contributed by atoms with Gasteiger partial charge in [-0.3, -0.25) is 9.69 Å². The predicted molar refractivity (Wildman–Crippen MR) is 137 cm³/mol. The molecule has 1 aliphatic heterocycles. The molecule has 0 unspecified atom stereocenters.